The molecule has 1 heterocycles. The van der Waals surface area contributed by atoms with Gasteiger partial charge in [-0.05, 0) is 40.0 Å². The average Bonchev–Trinajstić information content (AvgIpc) is 2.58. The van der Waals surface area contributed by atoms with Gasteiger partial charge in [-0.1, -0.05) is 6.92 Å². The Balaban J connectivity index is 2.63. The van der Waals surface area contributed by atoms with Crippen molar-refractivity contribution in [3.8, 4) is 0 Å². The van der Waals surface area contributed by atoms with Gasteiger partial charge in [0.25, 0.3) is 0 Å². The Morgan fingerprint density at radius 2 is 2.13 bits per heavy atom. The Kier molecular flexibility index (Phi) is 4.58. The lowest BCUT2D eigenvalue weighted by molar-refractivity contribution is -0.150. The van der Waals surface area contributed by atoms with Crippen LogP contribution in [-0.2, 0) is 9.53 Å². The number of carbonyl (C=O) groups is 1. The summed E-state index contributed by atoms with van der Waals surface area (Å²) in [4.78, 5) is 14.0. The predicted octanol–water partition coefficient (Wildman–Crippen LogP) is 2.20. The van der Waals surface area contributed by atoms with Gasteiger partial charge in [0, 0.05) is 12.1 Å². The number of esters is 1. The lowest BCUT2D eigenvalue weighted by atomic mass is 10.1. The predicted molar refractivity (Wildman–Crippen MR) is 60.7 cm³/mol. The van der Waals surface area contributed by atoms with Crippen molar-refractivity contribution >= 4 is 5.97 Å². The van der Waals surface area contributed by atoms with E-state index in [2.05, 4.69) is 18.7 Å². The molecule has 0 amide bonds. The van der Waals surface area contributed by atoms with Gasteiger partial charge in [0.1, 0.15) is 6.04 Å². The maximum Gasteiger partial charge on any atom is 0.323 e. The molecule has 88 valence electrons. The lowest BCUT2D eigenvalue weighted by Crippen LogP contribution is -2.46. The molecule has 0 aliphatic carbocycles. The van der Waals surface area contributed by atoms with Gasteiger partial charge in [-0.25, -0.2) is 0 Å². The third-order valence-corrected chi connectivity index (χ3v) is 3.39. The van der Waals surface area contributed by atoms with Crippen molar-refractivity contribution in [3.63, 3.8) is 0 Å². The Morgan fingerprint density at radius 1 is 1.47 bits per heavy atom. The molecule has 0 radical (unpaired) electrons. The highest BCUT2D eigenvalue weighted by atomic mass is 16.5. The fourth-order valence-corrected chi connectivity index (χ4v) is 2.59. The fourth-order valence-electron chi connectivity index (χ4n) is 2.59. The molecule has 0 aromatic carbocycles. The van der Waals surface area contributed by atoms with E-state index in [4.69, 9.17) is 4.74 Å². The van der Waals surface area contributed by atoms with E-state index in [0.29, 0.717) is 18.7 Å². The molecule has 3 atom stereocenters. The van der Waals surface area contributed by atoms with Crippen LogP contribution < -0.4 is 0 Å². The van der Waals surface area contributed by atoms with E-state index in [1.54, 1.807) is 0 Å². The Hall–Kier alpha value is -0.570. The van der Waals surface area contributed by atoms with Crippen LogP contribution in [0.4, 0.5) is 0 Å². The smallest absolute Gasteiger partial charge is 0.323 e. The zero-order valence-corrected chi connectivity index (χ0v) is 10.3. The zero-order chi connectivity index (χ0) is 11.4. The summed E-state index contributed by atoms with van der Waals surface area (Å²) in [5.41, 5.74) is 0. The highest BCUT2D eigenvalue weighted by Crippen LogP contribution is 2.28. The van der Waals surface area contributed by atoms with E-state index >= 15 is 0 Å². The number of ether oxygens (including phenoxy) is 1. The average molecular weight is 213 g/mol. The Bertz CT molecular complexity index is 218. The van der Waals surface area contributed by atoms with Crippen LogP contribution >= 0.6 is 0 Å². The number of nitrogens with zero attached hydrogens (tertiary/aromatic N) is 1. The molecule has 1 aliphatic heterocycles. The van der Waals surface area contributed by atoms with Crippen molar-refractivity contribution in [1.29, 1.82) is 0 Å². The second kappa shape index (κ2) is 5.50. The van der Waals surface area contributed by atoms with Gasteiger partial charge in [-0.3, -0.25) is 9.69 Å². The summed E-state index contributed by atoms with van der Waals surface area (Å²) in [7, 11) is 0. The van der Waals surface area contributed by atoms with Crippen LogP contribution in [0.2, 0.25) is 0 Å². The topological polar surface area (TPSA) is 29.5 Å². The third kappa shape index (κ3) is 2.71. The molecule has 0 aromatic heterocycles. The van der Waals surface area contributed by atoms with Gasteiger partial charge in [0.2, 0.25) is 0 Å². The molecule has 1 aliphatic rings. The number of carbonyl (C=O) groups excluding carboxylic acids is 1. The van der Waals surface area contributed by atoms with Crippen molar-refractivity contribution in [2.75, 3.05) is 6.61 Å². The molecule has 1 fully saturated rings. The molecule has 0 spiro atoms. The van der Waals surface area contributed by atoms with Gasteiger partial charge >= 0.3 is 5.97 Å². The van der Waals surface area contributed by atoms with Crippen LogP contribution in [0.15, 0.2) is 0 Å². The number of likely N-dealkylation sites (tertiary alicyclic amines) is 1. The Labute approximate surface area is 92.8 Å². The van der Waals surface area contributed by atoms with Gasteiger partial charge in [0.15, 0.2) is 0 Å². The molecule has 15 heavy (non-hydrogen) atoms. The van der Waals surface area contributed by atoms with Gasteiger partial charge in [0.05, 0.1) is 6.61 Å². The summed E-state index contributed by atoms with van der Waals surface area (Å²) >= 11 is 0. The summed E-state index contributed by atoms with van der Waals surface area (Å²) in [6.45, 7) is 8.68. The second-order valence-corrected chi connectivity index (χ2v) is 4.36. The van der Waals surface area contributed by atoms with Crippen molar-refractivity contribution in [1.82, 2.24) is 4.90 Å². The summed E-state index contributed by atoms with van der Waals surface area (Å²) < 4.78 is 5.08. The van der Waals surface area contributed by atoms with E-state index in [9.17, 15) is 4.79 Å². The maximum atomic E-state index is 11.7. The minimum Gasteiger partial charge on any atom is -0.465 e. The van der Waals surface area contributed by atoms with E-state index in [0.717, 1.165) is 6.42 Å². The van der Waals surface area contributed by atoms with Crippen molar-refractivity contribution in [2.45, 2.75) is 65.1 Å². The minimum absolute atomic E-state index is 0.0790. The monoisotopic (exact) mass is 213 g/mol. The summed E-state index contributed by atoms with van der Waals surface area (Å²) in [5.74, 6) is -0.0790. The molecule has 1 saturated heterocycles. The molecule has 0 N–H and O–H groups in total. The molecule has 0 saturated carbocycles. The van der Waals surface area contributed by atoms with Gasteiger partial charge in [-0.2, -0.15) is 0 Å². The SMILES string of the molecule is CCOC(=O)C(C)N1C(C)CCC1CC. The van der Waals surface area contributed by atoms with Crippen molar-refractivity contribution < 1.29 is 9.53 Å². The molecular weight excluding hydrogens is 190 g/mol. The van der Waals surface area contributed by atoms with Crippen LogP contribution in [0.5, 0.6) is 0 Å². The lowest BCUT2D eigenvalue weighted by Gasteiger charge is -2.32. The molecule has 3 nitrogen and oxygen atoms in total. The molecule has 1 rings (SSSR count). The van der Waals surface area contributed by atoms with Crippen LogP contribution in [0, 0.1) is 0 Å². The molecule has 3 unspecified atom stereocenters. The molecular formula is C12H23NO2. The summed E-state index contributed by atoms with van der Waals surface area (Å²) in [6.07, 6.45) is 3.53. The first-order valence-corrected chi connectivity index (χ1v) is 6.05. The van der Waals surface area contributed by atoms with Gasteiger partial charge in [-0.15, -0.1) is 0 Å². The van der Waals surface area contributed by atoms with E-state index < -0.39 is 0 Å². The van der Waals surface area contributed by atoms with Crippen LogP contribution in [0.1, 0.15) is 47.0 Å². The number of hydrogen-bond donors (Lipinski definition) is 0. The molecule has 3 heteroatoms. The van der Waals surface area contributed by atoms with E-state index in [1.807, 2.05) is 13.8 Å². The Morgan fingerprint density at radius 3 is 2.67 bits per heavy atom. The largest absolute Gasteiger partial charge is 0.465 e. The van der Waals surface area contributed by atoms with Crippen LogP contribution in [0.25, 0.3) is 0 Å². The third-order valence-electron chi connectivity index (χ3n) is 3.39. The summed E-state index contributed by atoms with van der Waals surface area (Å²) in [6, 6.07) is 0.973. The molecule has 0 bridgehead atoms. The van der Waals surface area contributed by atoms with Crippen molar-refractivity contribution in [3.05, 3.63) is 0 Å². The van der Waals surface area contributed by atoms with Crippen LogP contribution in [0.3, 0.4) is 0 Å². The number of rotatable bonds is 4. The minimum atomic E-state index is -0.0904. The van der Waals surface area contributed by atoms with E-state index in [1.165, 1.54) is 12.8 Å². The maximum absolute atomic E-state index is 11.7. The van der Waals surface area contributed by atoms with Crippen LogP contribution in [-0.4, -0.2) is 35.6 Å². The second-order valence-electron chi connectivity index (χ2n) is 4.36. The summed E-state index contributed by atoms with van der Waals surface area (Å²) in [5, 5.41) is 0. The van der Waals surface area contributed by atoms with Crippen molar-refractivity contribution in [2.24, 2.45) is 0 Å². The first kappa shape index (κ1) is 12.5. The van der Waals surface area contributed by atoms with E-state index in [-0.39, 0.29) is 12.0 Å². The van der Waals surface area contributed by atoms with Gasteiger partial charge < -0.3 is 4.74 Å². The fraction of sp³-hybridized carbons (Fsp3) is 0.917. The normalized spacial score (nSPS) is 29.1. The quantitative estimate of drug-likeness (QED) is 0.670. The zero-order valence-electron chi connectivity index (χ0n) is 10.3. The highest BCUT2D eigenvalue weighted by molar-refractivity contribution is 5.75. The molecule has 0 aromatic rings. The standard InChI is InChI=1S/C12H23NO2/c1-5-11-8-7-9(3)13(11)10(4)12(14)15-6-2/h9-11H,5-8H2,1-4H3. The number of hydrogen-bond acceptors (Lipinski definition) is 3. The first-order chi connectivity index (χ1) is 7.11. The highest BCUT2D eigenvalue weighted by Gasteiger charge is 2.36. The first-order valence-electron chi connectivity index (χ1n) is 6.05.